The van der Waals surface area contributed by atoms with Crippen LogP contribution in [0.3, 0.4) is 0 Å². The molecule has 1 unspecified atom stereocenters. The van der Waals surface area contributed by atoms with E-state index >= 15 is 0 Å². The molecule has 0 radical (unpaired) electrons. The highest BCUT2D eigenvalue weighted by atomic mass is 35.5. The van der Waals surface area contributed by atoms with Gasteiger partial charge in [0.15, 0.2) is 0 Å². The summed E-state index contributed by atoms with van der Waals surface area (Å²) in [5.41, 5.74) is 0. The van der Waals surface area contributed by atoms with E-state index in [0.717, 1.165) is 0 Å². The second-order valence-electron chi connectivity index (χ2n) is 1.30. The number of halogens is 5. The molecule has 0 rings (SSSR count). The van der Waals surface area contributed by atoms with Gasteiger partial charge < -0.3 is 0 Å². The van der Waals surface area contributed by atoms with Gasteiger partial charge in [-0.3, -0.25) is 10.1 Å². The fraction of sp³-hybridized carbons (Fsp3) is 1.00. The average Bonchev–Trinajstić information content (AvgIpc) is 1.62. The van der Waals surface area contributed by atoms with E-state index in [1.54, 1.807) is 0 Å². The van der Waals surface area contributed by atoms with Gasteiger partial charge in [-0.2, -0.15) is 8.78 Å². The van der Waals surface area contributed by atoms with E-state index in [0.29, 0.717) is 0 Å². The smallest absolute Gasteiger partial charge is 0.260 e. The molecule has 0 aromatic rings. The molecule has 3 nitrogen and oxygen atoms in total. The molecule has 0 aliphatic rings. The summed E-state index contributed by atoms with van der Waals surface area (Å²) in [7, 11) is 0. The molecule has 0 saturated carbocycles. The summed E-state index contributed by atoms with van der Waals surface area (Å²) in [5.74, 6) is 0. The topological polar surface area (TPSA) is 43.1 Å². The number of hydrogen-bond donors (Lipinski definition) is 0. The van der Waals surface area contributed by atoms with Crippen LogP contribution in [0.1, 0.15) is 0 Å². The predicted molar refractivity (Wildman–Crippen MR) is 27.5 cm³/mol. The minimum Gasteiger partial charge on any atom is -0.260 e. The van der Waals surface area contributed by atoms with Gasteiger partial charge >= 0.3 is 10.6 Å². The van der Waals surface area contributed by atoms with E-state index in [9.17, 15) is 23.3 Å². The van der Waals surface area contributed by atoms with Crippen LogP contribution < -0.4 is 0 Å². The second kappa shape index (κ2) is 2.43. The molecule has 0 aliphatic carbocycles. The van der Waals surface area contributed by atoms with Crippen LogP contribution in [-0.2, 0) is 0 Å². The van der Waals surface area contributed by atoms with Crippen LogP contribution in [0, 0.1) is 10.1 Å². The SMILES string of the molecule is O=[N+]([O-])C(F)(Cl)C(F)(F)Cl. The third-order valence-corrected chi connectivity index (χ3v) is 1.29. The predicted octanol–water partition coefficient (Wildman–Crippen LogP) is 1.96. The van der Waals surface area contributed by atoms with Crippen LogP contribution >= 0.6 is 23.2 Å². The molecule has 8 heteroatoms. The highest BCUT2D eigenvalue weighted by molar-refractivity contribution is 6.31. The van der Waals surface area contributed by atoms with E-state index in [1.807, 2.05) is 0 Å². The van der Waals surface area contributed by atoms with E-state index in [2.05, 4.69) is 23.2 Å². The molecule has 0 amide bonds. The Labute approximate surface area is 62.9 Å². The Morgan fingerprint density at radius 3 is 1.60 bits per heavy atom. The first-order chi connectivity index (χ1) is 4.19. The van der Waals surface area contributed by atoms with Crippen molar-refractivity contribution in [1.29, 1.82) is 0 Å². The summed E-state index contributed by atoms with van der Waals surface area (Å²) < 4.78 is 35.0. The van der Waals surface area contributed by atoms with Gasteiger partial charge in [0.05, 0.1) is 4.92 Å². The second-order valence-corrected chi connectivity index (χ2v) is 2.27. The first-order valence-electron chi connectivity index (χ1n) is 1.78. The lowest BCUT2D eigenvalue weighted by Crippen LogP contribution is -2.41. The number of nitrogens with zero attached hydrogens (tertiary/aromatic N) is 1. The first kappa shape index (κ1) is 9.77. The zero-order valence-corrected chi connectivity index (χ0v) is 5.67. The maximum Gasteiger partial charge on any atom is 0.516 e. The summed E-state index contributed by atoms with van der Waals surface area (Å²) in [6, 6.07) is 0. The molecule has 0 fully saturated rings. The zero-order valence-electron chi connectivity index (χ0n) is 4.15. The molecule has 10 heavy (non-hydrogen) atoms. The third kappa shape index (κ3) is 1.63. The van der Waals surface area contributed by atoms with Crippen LogP contribution in [0.5, 0.6) is 0 Å². The normalized spacial score (nSPS) is 18.1. The van der Waals surface area contributed by atoms with Crippen molar-refractivity contribution in [1.82, 2.24) is 0 Å². The Hall–Kier alpha value is -0.230. The standard InChI is InChI=1S/C2Cl2F3NO2/c3-1(5,6)2(4,7)8(9)10. The van der Waals surface area contributed by atoms with Gasteiger partial charge in [-0.15, -0.1) is 4.39 Å². The fourth-order valence-corrected chi connectivity index (χ4v) is 0.173. The van der Waals surface area contributed by atoms with Crippen LogP contribution in [-0.4, -0.2) is 15.6 Å². The Balaban J connectivity index is 4.57. The summed E-state index contributed by atoms with van der Waals surface area (Å²) >= 11 is 8.04. The lowest BCUT2D eigenvalue weighted by Gasteiger charge is -2.12. The van der Waals surface area contributed by atoms with Gasteiger partial charge in [-0.05, 0) is 11.6 Å². The van der Waals surface area contributed by atoms with Crippen molar-refractivity contribution in [2.24, 2.45) is 0 Å². The lowest BCUT2D eigenvalue weighted by molar-refractivity contribution is -0.596. The van der Waals surface area contributed by atoms with Crippen molar-refractivity contribution in [2.75, 3.05) is 0 Å². The Morgan fingerprint density at radius 1 is 1.30 bits per heavy atom. The van der Waals surface area contributed by atoms with Crippen molar-refractivity contribution in [3.63, 3.8) is 0 Å². The molecule has 0 aromatic heterocycles. The molecule has 60 valence electrons. The number of rotatable bonds is 2. The number of alkyl halides is 5. The summed E-state index contributed by atoms with van der Waals surface area (Å²) in [6.45, 7) is 0. The van der Waals surface area contributed by atoms with Crippen molar-refractivity contribution >= 4 is 23.2 Å². The molecule has 0 saturated heterocycles. The minimum absolute atomic E-state index is 2.01. The van der Waals surface area contributed by atoms with Gasteiger partial charge in [0.2, 0.25) is 0 Å². The van der Waals surface area contributed by atoms with Gasteiger partial charge in [-0.25, -0.2) is 0 Å². The largest absolute Gasteiger partial charge is 0.516 e. The zero-order chi connectivity index (χ0) is 8.58. The highest BCUT2D eigenvalue weighted by Gasteiger charge is 2.64. The van der Waals surface area contributed by atoms with Crippen LogP contribution in [0.15, 0.2) is 0 Å². The van der Waals surface area contributed by atoms with E-state index in [1.165, 1.54) is 0 Å². The molecular formula is C2Cl2F3NO2. The van der Waals surface area contributed by atoms with E-state index in [4.69, 9.17) is 0 Å². The maximum atomic E-state index is 11.9. The van der Waals surface area contributed by atoms with Gasteiger partial charge in [-0.1, -0.05) is 0 Å². The molecule has 0 aliphatic heterocycles. The van der Waals surface area contributed by atoms with Crippen molar-refractivity contribution in [3.8, 4) is 0 Å². The number of nitro groups is 1. The van der Waals surface area contributed by atoms with Crippen LogP contribution in [0.4, 0.5) is 13.2 Å². The molecule has 0 heterocycles. The van der Waals surface area contributed by atoms with Gasteiger partial charge in [0.1, 0.15) is 0 Å². The van der Waals surface area contributed by atoms with Gasteiger partial charge in [0.25, 0.3) is 0 Å². The van der Waals surface area contributed by atoms with Crippen LogP contribution in [0.25, 0.3) is 0 Å². The van der Waals surface area contributed by atoms with Crippen molar-refractivity contribution < 1.29 is 18.1 Å². The fourth-order valence-electron chi connectivity index (χ4n) is 0.104. The molecule has 0 N–H and O–H groups in total. The van der Waals surface area contributed by atoms with Gasteiger partial charge in [0, 0.05) is 11.6 Å². The Kier molecular flexibility index (Phi) is 2.37. The minimum atomic E-state index is -4.71. The molecular weight excluding hydrogens is 198 g/mol. The molecule has 1 atom stereocenters. The Bertz CT molecular complexity index is 155. The number of hydrogen-bond acceptors (Lipinski definition) is 2. The summed E-state index contributed by atoms with van der Waals surface area (Å²) in [4.78, 5) is 7.39. The highest BCUT2D eigenvalue weighted by Crippen LogP contribution is 2.39. The van der Waals surface area contributed by atoms with Crippen molar-refractivity contribution in [2.45, 2.75) is 10.6 Å². The Morgan fingerprint density at radius 2 is 1.60 bits per heavy atom. The quantitative estimate of drug-likeness (QED) is 0.294. The van der Waals surface area contributed by atoms with E-state index < -0.39 is 15.6 Å². The first-order valence-corrected chi connectivity index (χ1v) is 2.54. The lowest BCUT2D eigenvalue weighted by atomic mass is 10.6. The maximum absolute atomic E-state index is 11.9. The monoisotopic (exact) mass is 197 g/mol. The average molecular weight is 198 g/mol. The van der Waals surface area contributed by atoms with Crippen LogP contribution in [0.2, 0.25) is 0 Å². The van der Waals surface area contributed by atoms with Crippen molar-refractivity contribution in [3.05, 3.63) is 10.1 Å². The molecule has 0 aromatic carbocycles. The summed E-state index contributed by atoms with van der Waals surface area (Å²) in [6.07, 6.45) is 0. The molecule has 0 bridgehead atoms. The summed E-state index contributed by atoms with van der Waals surface area (Å²) in [5, 5.41) is 0.256. The third-order valence-electron chi connectivity index (χ3n) is 0.570. The van der Waals surface area contributed by atoms with E-state index in [-0.39, 0.29) is 0 Å². The molecule has 0 spiro atoms.